The Hall–Kier alpha value is -0.810. The van der Waals surface area contributed by atoms with E-state index in [2.05, 4.69) is 4.98 Å². The van der Waals surface area contributed by atoms with Crippen LogP contribution in [0.25, 0.3) is 0 Å². The predicted molar refractivity (Wildman–Crippen MR) is 44.3 cm³/mol. The van der Waals surface area contributed by atoms with Crippen LogP contribution in [0.1, 0.15) is 22.5 Å². The predicted octanol–water partition coefficient (Wildman–Crippen LogP) is 3.19. The highest BCUT2D eigenvalue weighted by Gasteiger charge is 2.23. The normalized spacial score (nSPS) is 10.7. The lowest BCUT2D eigenvalue weighted by Gasteiger charge is -2.04. The highest BCUT2D eigenvalue weighted by molar-refractivity contribution is 6.68. The summed E-state index contributed by atoms with van der Waals surface area (Å²) >= 11 is 10.3. The zero-order valence-corrected chi connectivity index (χ0v) is 7.91. The van der Waals surface area contributed by atoms with Crippen molar-refractivity contribution in [2.24, 2.45) is 0 Å². The molecule has 7 heteroatoms. The molecular weight excluding hydrogens is 242 g/mol. The maximum Gasteiger partial charge on any atom is 0.283 e. The fraction of sp³-hybridized carbons (Fsp3) is 0.143. The molecule has 0 bridgehead atoms. The minimum Gasteiger partial charge on any atom is -0.275 e. The van der Waals surface area contributed by atoms with Gasteiger partial charge in [0.15, 0.2) is 5.82 Å². The molecule has 0 atom stereocenters. The molecule has 0 radical (unpaired) electrons. The van der Waals surface area contributed by atoms with Gasteiger partial charge in [-0.2, -0.15) is 0 Å². The average molecular weight is 244 g/mol. The molecule has 0 fully saturated rings. The fourth-order valence-corrected chi connectivity index (χ4v) is 1.26. The molecule has 0 unspecified atom stereocenters. The smallest absolute Gasteiger partial charge is 0.275 e. The molecule has 2 nitrogen and oxygen atoms in total. The van der Waals surface area contributed by atoms with E-state index in [-0.39, 0.29) is 0 Å². The number of aromatic nitrogens is 1. The maximum absolute atomic E-state index is 13.1. The van der Waals surface area contributed by atoms with Gasteiger partial charge in [-0.15, -0.1) is 0 Å². The third kappa shape index (κ3) is 1.99. The van der Waals surface area contributed by atoms with Crippen molar-refractivity contribution in [1.29, 1.82) is 0 Å². The first kappa shape index (κ1) is 11.3. The Labute approximate surface area is 86.6 Å². The van der Waals surface area contributed by atoms with Gasteiger partial charge >= 0.3 is 0 Å². The maximum atomic E-state index is 13.1. The van der Waals surface area contributed by atoms with Crippen molar-refractivity contribution in [3.63, 3.8) is 0 Å². The van der Waals surface area contributed by atoms with Crippen molar-refractivity contribution in [2.45, 2.75) is 6.43 Å². The van der Waals surface area contributed by atoms with E-state index in [0.29, 0.717) is 0 Å². The summed E-state index contributed by atoms with van der Waals surface area (Å²) in [6, 6.07) is 0. The van der Waals surface area contributed by atoms with E-state index in [4.69, 9.17) is 23.2 Å². The summed E-state index contributed by atoms with van der Waals surface area (Å²) in [5, 5.41) is -1.64. The van der Waals surface area contributed by atoms with E-state index in [1.165, 1.54) is 0 Å². The Balaban J connectivity index is 3.41. The molecule has 76 valence electrons. The van der Waals surface area contributed by atoms with Crippen molar-refractivity contribution in [1.82, 2.24) is 4.98 Å². The average Bonchev–Trinajstić information content (AvgIpc) is 2.02. The molecule has 0 aliphatic rings. The summed E-state index contributed by atoms with van der Waals surface area (Å²) in [7, 11) is 0. The minimum absolute atomic E-state index is 0.396. The largest absolute Gasteiger partial charge is 0.283 e. The number of carbonyl (C=O) groups is 1. The number of halogens is 5. The highest BCUT2D eigenvalue weighted by Crippen LogP contribution is 2.27. The van der Waals surface area contributed by atoms with Crippen LogP contribution < -0.4 is 0 Å². The Bertz CT molecular complexity index is 383. The van der Waals surface area contributed by atoms with Gasteiger partial charge in [0.25, 0.3) is 11.7 Å². The van der Waals surface area contributed by atoms with Gasteiger partial charge in [0, 0.05) is 6.20 Å². The van der Waals surface area contributed by atoms with Crippen LogP contribution >= 0.6 is 23.2 Å². The topological polar surface area (TPSA) is 30.0 Å². The van der Waals surface area contributed by atoms with Crippen LogP contribution in [-0.4, -0.2) is 10.2 Å². The van der Waals surface area contributed by atoms with Crippen LogP contribution in [0.3, 0.4) is 0 Å². The molecule has 1 heterocycles. The highest BCUT2D eigenvalue weighted by atomic mass is 35.5. The molecular formula is C7H2Cl2F3NO. The quantitative estimate of drug-likeness (QED) is 0.747. The number of carbonyl (C=O) groups excluding carboxylic acids is 1. The van der Waals surface area contributed by atoms with Crippen LogP contribution in [0.4, 0.5) is 13.2 Å². The molecule has 0 saturated heterocycles. The zero-order valence-electron chi connectivity index (χ0n) is 6.40. The summed E-state index contributed by atoms with van der Waals surface area (Å²) in [6.07, 6.45) is -2.37. The summed E-state index contributed by atoms with van der Waals surface area (Å²) < 4.78 is 37.3. The van der Waals surface area contributed by atoms with Gasteiger partial charge in [-0.3, -0.25) is 9.78 Å². The van der Waals surface area contributed by atoms with Gasteiger partial charge in [-0.25, -0.2) is 13.2 Å². The molecule has 0 amide bonds. The monoisotopic (exact) mass is 243 g/mol. The van der Waals surface area contributed by atoms with E-state index >= 15 is 0 Å². The van der Waals surface area contributed by atoms with Gasteiger partial charge in [0.2, 0.25) is 0 Å². The van der Waals surface area contributed by atoms with E-state index in [1.807, 2.05) is 0 Å². The molecule has 0 aliphatic carbocycles. The Morgan fingerprint density at radius 2 is 2.07 bits per heavy atom. The second-order valence-electron chi connectivity index (χ2n) is 2.25. The summed E-state index contributed by atoms with van der Waals surface area (Å²) in [6.45, 7) is 0. The van der Waals surface area contributed by atoms with E-state index in [1.54, 1.807) is 0 Å². The van der Waals surface area contributed by atoms with Crippen LogP contribution in [0.2, 0.25) is 5.02 Å². The second kappa shape index (κ2) is 4.14. The van der Waals surface area contributed by atoms with Crippen LogP contribution in [0.15, 0.2) is 6.20 Å². The van der Waals surface area contributed by atoms with Gasteiger partial charge in [0.05, 0.1) is 10.6 Å². The third-order valence-electron chi connectivity index (χ3n) is 1.40. The Morgan fingerprint density at radius 3 is 2.50 bits per heavy atom. The van der Waals surface area contributed by atoms with Crippen molar-refractivity contribution < 1.29 is 18.0 Å². The van der Waals surface area contributed by atoms with Gasteiger partial charge in [-0.1, -0.05) is 11.6 Å². The molecule has 1 rings (SSSR count). The first-order valence-electron chi connectivity index (χ1n) is 3.27. The molecule has 0 N–H and O–H groups in total. The van der Waals surface area contributed by atoms with E-state index in [0.717, 1.165) is 6.20 Å². The summed E-state index contributed by atoms with van der Waals surface area (Å²) in [4.78, 5) is 13.7. The molecule has 14 heavy (non-hydrogen) atoms. The Kier molecular flexibility index (Phi) is 3.34. The van der Waals surface area contributed by atoms with Crippen LogP contribution in [0.5, 0.6) is 0 Å². The number of hydrogen-bond donors (Lipinski definition) is 0. The lowest BCUT2D eigenvalue weighted by Crippen LogP contribution is -2.04. The van der Waals surface area contributed by atoms with E-state index < -0.39 is 33.8 Å². The van der Waals surface area contributed by atoms with Crippen molar-refractivity contribution in [3.05, 3.63) is 28.3 Å². The van der Waals surface area contributed by atoms with E-state index in [9.17, 15) is 18.0 Å². The van der Waals surface area contributed by atoms with Crippen LogP contribution in [-0.2, 0) is 0 Å². The summed E-state index contributed by atoms with van der Waals surface area (Å²) in [5.41, 5.74) is -1.92. The Morgan fingerprint density at radius 1 is 1.50 bits per heavy atom. The van der Waals surface area contributed by atoms with Gasteiger partial charge < -0.3 is 0 Å². The molecule has 0 aliphatic heterocycles. The fourth-order valence-electron chi connectivity index (χ4n) is 0.813. The number of alkyl halides is 2. The van der Waals surface area contributed by atoms with Gasteiger partial charge in [0.1, 0.15) is 5.69 Å². The number of nitrogens with zero attached hydrogens (tertiary/aromatic N) is 1. The van der Waals surface area contributed by atoms with Crippen molar-refractivity contribution in [3.8, 4) is 0 Å². The van der Waals surface area contributed by atoms with Crippen LogP contribution in [0, 0.1) is 5.82 Å². The summed E-state index contributed by atoms with van der Waals surface area (Å²) in [5.74, 6) is -1.48. The first-order chi connectivity index (χ1) is 6.45. The molecule has 1 aromatic rings. The minimum atomic E-state index is -3.12. The van der Waals surface area contributed by atoms with Crippen molar-refractivity contribution >= 4 is 28.4 Å². The second-order valence-corrected chi connectivity index (χ2v) is 3.01. The molecule has 0 saturated carbocycles. The zero-order chi connectivity index (χ0) is 10.9. The molecule has 0 spiro atoms. The number of hydrogen-bond acceptors (Lipinski definition) is 2. The molecule has 1 aromatic heterocycles. The van der Waals surface area contributed by atoms with Gasteiger partial charge in [-0.05, 0) is 11.6 Å². The SMILES string of the molecule is O=C(Cl)c1c(Cl)cnc(C(F)F)c1F. The lowest BCUT2D eigenvalue weighted by molar-refractivity contribution is 0.107. The first-order valence-corrected chi connectivity index (χ1v) is 4.02. The number of pyridine rings is 1. The standard InChI is InChI=1S/C7H2Cl2F3NO/c8-2-1-13-5(7(11)12)4(10)3(2)6(9)14/h1,7H. The molecule has 0 aromatic carbocycles. The third-order valence-corrected chi connectivity index (χ3v) is 1.88. The lowest BCUT2D eigenvalue weighted by atomic mass is 10.2. The van der Waals surface area contributed by atoms with Crippen molar-refractivity contribution in [2.75, 3.05) is 0 Å². The number of rotatable bonds is 2.